The molecule has 0 fully saturated rings. The molecular weight excluding hydrogens is 214 g/mol. The molecule has 0 atom stereocenters. The van der Waals surface area contributed by atoms with E-state index in [1.54, 1.807) is 0 Å². The average molecular weight is 235 g/mol. The molecule has 0 bridgehead atoms. The van der Waals surface area contributed by atoms with Gasteiger partial charge in [-0.1, -0.05) is 12.1 Å². The minimum absolute atomic E-state index is 0.234. The molecule has 0 saturated heterocycles. The third-order valence-corrected chi connectivity index (χ3v) is 2.56. The molecule has 0 saturated carbocycles. The Labute approximate surface area is 103 Å². The standard InChI is InChI=1S/C13H21N3O/c1-16(2)12-7-5-11(6-8-12)10-15-9-3-4-13(14)17/h5-8,15H,3-4,9-10H2,1-2H3,(H2,14,17). The monoisotopic (exact) mass is 235 g/mol. The molecule has 17 heavy (non-hydrogen) atoms. The summed E-state index contributed by atoms with van der Waals surface area (Å²) >= 11 is 0. The van der Waals surface area contributed by atoms with Crippen molar-refractivity contribution in [1.29, 1.82) is 0 Å². The fourth-order valence-electron chi connectivity index (χ4n) is 1.53. The molecule has 0 unspecified atom stereocenters. The number of amides is 1. The van der Waals surface area contributed by atoms with E-state index in [1.807, 2.05) is 14.1 Å². The molecule has 0 radical (unpaired) electrons. The lowest BCUT2D eigenvalue weighted by Crippen LogP contribution is -2.18. The Morgan fingerprint density at radius 1 is 1.29 bits per heavy atom. The maximum Gasteiger partial charge on any atom is 0.217 e. The molecule has 1 rings (SSSR count). The summed E-state index contributed by atoms with van der Waals surface area (Å²) in [4.78, 5) is 12.6. The van der Waals surface area contributed by atoms with Gasteiger partial charge in [-0.15, -0.1) is 0 Å². The molecule has 1 aromatic rings. The normalized spacial score (nSPS) is 10.2. The first-order valence-electron chi connectivity index (χ1n) is 5.85. The number of nitrogens with zero attached hydrogens (tertiary/aromatic N) is 1. The summed E-state index contributed by atoms with van der Waals surface area (Å²) in [6.07, 6.45) is 1.25. The Hall–Kier alpha value is -1.55. The van der Waals surface area contributed by atoms with Crippen LogP contribution in [0.25, 0.3) is 0 Å². The zero-order valence-electron chi connectivity index (χ0n) is 10.6. The van der Waals surface area contributed by atoms with E-state index in [2.05, 4.69) is 34.5 Å². The third kappa shape index (κ3) is 5.36. The lowest BCUT2D eigenvalue weighted by molar-refractivity contribution is -0.118. The Balaban J connectivity index is 2.25. The van der Waals surface area contributed by atoms with E-state index in [1.165, 1.54) is 11.3 Å². The van der Waals surface area contributed by atoms with Gasteiger partial charge in [-0.25, -0.2) is 0 Å². The zero-order chi connectivity index (χ0) is 12.7. The van der Waals surface area contributed by atoms with E-state index in [0.717, 1.165) is 19.5 Å². The third-order valence-electron chi connectivity index (χ3n) is 2.56. The van der Waals surface area contributed by atoms with Crippen molar-refractivity contribution >= 4 is 11.6 Å². The van der Waals surface area contributed by atoms with Gasteiger partial charge < -0.3 is 16.0 Å². The van der Waals surface area contributed by atoms with Crippen LogP contribution in [-0.4, -0.2) is 26.5 Å². The van der Waals surface area contributed by atoms with Crippen molar-refractivity contribution in [2.75, 3.05) is 25.5 Å². The highest BCUT2D eigenvalue weighted by Gasteiger charge is 1.97. The summed E-state index contributed by atoms with van der Waals surface area (Å²) in [5, 5.41) is 3.28. The fraction of sp³-hybridized carbons (Fsp3) is 0.462. The number of hydrogen-bond acceptors (Lipinski definition) is 3. The number of anilines is 1. The van der Waals surface area contributed by atoms with Crippen molar-refractivity contribution in [3.05, 3.63) is 29.8 Å². The minimum Gasteiger partial charge on any atom is -0.378 e. The van der Waals surface area contributed by atoms with Crippen LogP contribution in [0.3, 0.4) is 0 Å². The number of carbonyl (C=O) groups excluding carboxylic acids is 1. The van der Waals surface area contributed by atoms with Gasteiger partial charge in [0, 0.05) is 32.7 Å². The van der Waals surface area contributed by atoms with Crippen LogP contribution in [-0.2, 0) is 11.3 Å². The second-order valence-electron chi connectivity index (χ2n) is 4.31. The fourth-order valence-corrected chi connectivity index (χ4v) is 1.53. The maximum absolute atomic E-state index is 10.5. The van der Waals surface area contributed by atoms with Crippen LogP contribution >= 0.6 is 0 Å². The summed E-state index contributed by atoms with van der Waals surface area (Å²) in [6.45, 7) is 1.64. The molecule has 0 aliphatic heterocycles. The summed E-state index contributed by atoms with van der Waals surface area (Å²) in [5.74, 6) is -0.234. The van der Waals surface area contributed by atoms with Crippen LogP contribution < -0.4 is 16.0 Å². The molecule has 1 amide bonds. The van der Waals surface area contributed by atoms with E-state index in [-0.39, 0.29) is 5.91 Å². The highest BCUT2D eigenvalue weighted by atomic mass is 16.1. The lowest BCUT2D eigenvalue weighted by atomic mass is 10.2. The lowest BCUT2D eigenvalue weighted by Gasteiger charge is -2.12. The number of carbonyl (C=O) groups is 1. The Morgan fingerprint density at radius 2 is 1.94 bits per heavy atom. The molecule has 94 valence electrons. The van der Waals surface area contributed by atoms with Gasteiger partial charge in [0.15, 0.2) is 0 Å². The Bertz CT molecular complexity index is 346. The molecule has 1 aromatic carbocycles. The summed E-state index contributed by atoms with van der Waals surface area (Å²) in [5.41, 5.74) is 7.50. The second kappa shape index (κ2) is 6.91. The largest absolute Gasteiger partial charge is 0.378 e. The van der Waals surface area contributed by atoms with Gasteiger partial charge in [0.05, 0.1) is 0 Å². The first kappa shape index (κ1) is 13.5. The van der Waals surface area contributed by atoms with E-state index >= 15 is 0 Å². The molecule has 4 nitrogen and oxygen atoms in total. The smallest absolute Gasteiger partial charge is 0.217 e. The SMILES string of the molecule is CN(C)c1ccc(CNCCCC(N)=O)cc1. The Morgan fingerprint density at radius 3 is 2.47 bits per heavy atom. The Kier molecular flexibility index (Phi) is 5.49. The van der Waals surface area contributed by atoms with Crippen LogP contribution in [0.5, 0.6) is 0 Å². The molecule has 3 N–H and O–H groups in total. The van der Waals surface area contributed by atoms with Gasteiger partial charge in [0.25, 0.3) is 0 Å². The van der Waals surface area contributed by atoms with Gasteiger partial charge >= 0.3 is 0 Å². The van der Waals surface area contributed by atoms with Gasteiger partial charge in [0.2, 0.25) is 5.91 Å². The van der Waals surface area contributed by atoms with E-state index in [0.29, 0.717) is 6.42 Å². The summed E-state index contributed by atoms with van der Waals surface area (Å²) in [6, 6.07) is 8.41. The number of hydrogen-bond donors (Lipinski definition) is 2. The molecule has 4 heteroatoms. The van der Waals surface area contributed by atoms with Crippen LogP contribution in [0.4, 0.5) is 5.69 Å². The van der Waals surface area contributed by atoms with Crippen molar-refractivity contribution in [3.8, 4) is 0 Å². The van der Waals surface area contributed by atoms with E-state index in [9.17, 15) is 4.79 Å². The minimum atomic E-state index is -0.234. The number of nitrogens with one attached hydrogen (secondary N) is 1. The van der Waals surface area contributed by atoms with Crippen molar-refractivity contribution in [3.63, 3.8) is 0 Å². The molecule has 0 aliphatic carbocycles. The van der Waals surface area contributed by atoms with Crippen molar-refractivity contribution in [1.82, 2.24) is 5.32 Å². The second-order valence-corrected chi connectivity index (χ2v) is 4.31. The highest BCUT2D eigenvalue weighted by molar-refractivity contribution is 5.73. The van der Waals surface area contributed by atoms with Crippen LogP contribution in [0, 0.1) is 0 Å². The van der Waals surface area contributed by atoms with E-state index in [4.69, 9.17) is 5.73 Å². The van der Waals surface area contributed by atoms with Crippen LogP contribution in [0.1, 0.15) is 18.4 Å². The predicted molar refractivity (Wildman–Crippen MR) is 70.9 cm³/mol. The van der Waals surface area contributed by atoms with Crippen molar-refractivity contribution in [2.24, 2.45) is 5.73 Å². The topological polar surface area (TPSA) is 58.4 Å². The van der Waals surface area contributed by atoms with Crippen LogP contribution in [0.15, 0.2) is 24.3 Å². The maximum atomic E-state index is 10.5. The van der Waals surface area contributed by atoms with Gasteiger partial charge in [-0.3, -0.25) is 4.79 Å². The highest BCUT2D eigenvalue weighted by Crippen LogP contribution is 2.11. The molecular formula is C13H21N3O. The van der Waals surface area contributed by atoms with Crippen molar-refractivity contribution in [2.45, 2.75) is 19.4 Å². The van der Waals surface area contributed by atoms with Crippen LogP contribution in [0.2, 0.25) is 0 Å². The number of nitrogens with two attached hydrogens (primary N) is 1. The van der Waals surface area contributed by atoms with E-state index < -0.39 is 0 Å². The number of primary amides is 1. The average Bonchev–Trinajstić information content (AvgIpc) is 2.29. The predicted octanol–water partition coefficient (Wildman–Crippen LogP) is 1.11. The zero-order valence-corrected chi connectivity index (χ0v) is 10.6. The van der Waals surface area contributed by atoms with Gasteiger partial charge in [-0.2, -0.15) is 0 Å². The van der Waals surface area contributed by atoms with Crippen molar-refractivity contribution < 1.29 is 4.79 Å². The van der Waals surface area contributed by atoms with Gasteiger partial charge in [0.1, 0.15) is 0 Å². The molecule has 0 spiro atoms. The summed E-state index contributed by atoms with van der Waals surface area (Å²) < 4.78 is 0. The molecule has 0 aromatic heterocycles. The summed E-state index contributed by atoms with van der Waals surface area (Å²) in [7, 11) is 4.05. The number of benzene rings is 1. The van der Waals surface area contributed by atoms with Gasteiger partial charge in [-0.05, 0) is 30.7 Å². The quantitative estimate of drug-likeness (QED) is 0.696. The number of rotatable bonds is 7. The molecule has 0 heterocycles. The molecule has 0 aliphatic rings. The first-order chi connectivity index (χ1) is 8.09. The first-order valence-corrected chi connectivity index (χ1v) is 5.85.